The molecule has 2 heterocycles. The highest BCUT2D eigenvalue weighted by Gasteiger charge is 2.11. The Hall–Kier alpha value is -1.36. The van der Waals surface area contributed by atoms with Crippen molar-refractivity contribution in [1.82, 2.24) is 15.0 Å². The molecule has 1 N–H and O–H groups in total. The first-order chi connectivity index (χ1) is 8.84. The van der Waals surface area contributed by atoms with Gasteiger partial charge in [-0.1, -0.05) is 18.2 Å². The third kappa shape index (κ3) is 2.27. The minimum absolute atomic E-state index is 0.822. The molecule has 1 saturated heterocycles. The largest absolute Gasteiger partial charge is 0.379 e. The van der Waals surface area contributed by atoms with E-state index in [0.29, 0.717) is 0 Å². The van der Waals surface area contributed by atoms with Crippen molar-refractivity contribution in [3.05, 3.63) is 36.0 Å². The maximum atomic E-state index is 5.34. The molecule has 0 unspecified atom stereocenters. The fourth-order valence-corrected chi connectivity index (χ4v) is 2.48. The minimum atomic E-state index is 0.822. The van der Waals surface area contributed by atoms with Crippen molar-refractivity contribution in [3.63, 3.8) is 0 Å². The summed E-state index contributed by atoms with van der Waals surface area (Å²) in [4.78, 5) is 0. The Bertz CT molecular complexity index is 529. The van der Waals surface area contributed by atoms with E-state index in [-0.39, 0.29) is 0 Å². The van der Waals surface area contributed by atoms with Gasteiger partial charge in [0.2, 0.25) is 0 Å². The zero-order chi connectivity index (χ0) is 12.4. The van der Waals surface area contributed by atoms with E-state index in [1.54, 1.807) is 0 Å². The summed E-state index contributed by atoms with van der Waals surface area (Å²) in [6.45, 7) is 4.45. The highest BCUT2D eigenvalue weighted by Crippen LogP contribution is 2.20. The molecule has 0 aliphatic carbocycles. The number of para-hydroxylation sites is 1. The Balaban J connectivity index is 1.74. The lowest BCUT2D eigenvalue weighted by Crippen LogP contribution is -2.45. The van der Waals surface area contributed by atoms with Crippen molar-refractivity contribution in [1.29, 1.82) is 0 Å². The third-order valence-electron chi connectivity index (χ3n) is 3.48. The van der Waals surface area contributed by atoms with Crippen molar-refractivity contribution >= 4 is 10.9 Å². The summed E-state index contributed by atoms with van der Waals surface area (Å²) < 4.78 is 7.53. The van der Waals surface area contributed by atoms with Gasteiger partial charge >= 0.3 is 0 Å². The van der Waals surface area contributed by atoms with Crippen LogP contribution >= 0.6 is 0 Å². The normalized spacial score (nSPS) is 17.4. The lowest BCUT2D eigenvalue weighted by atomic mass is 10.2. The Morgan fingerprint density at radius 1 is 1.22 bits per heavy atom. The van der Waals surface area contributed by atoms with E-state index in [1.807, 2.05) is 0 Å². The Labute approximate surface area is 107 Å². The van der Waals surface area contributed by atoms with Gasteiger partial charge in [-0.05, 0) is 11.6 Å². The molecule has 0 bridgehead atoms. The number of rotatable bonds is 3. The van der Waals surface area contributed by atoms with Crippen molar-refractivity contribution < 1.29 is 4.74 Å². The molecule has 3 rings (SSSR count). The van der Waals surface area contributed by atoms with E-state index < -0.39 is 0 Å². The van der Waals surface area contributed by atoms with Gasteiger partial charge in [-0.25, -0.2) is 5.01 Å². The van der Waals surface area contributed by atoms with Crippen LogP contribution in [0.2, 0.25) is 0 Å². The predicted octanol–water partition coefficient (Wildman–Crippen LogP) is 1.52. The fraction of sp³-hybridized carbons (Fsp3) is 0.429. The van der Waals surface area contributed by atoms with E-state index in [2.05, 4.69) is 52.5 Å². The van der Waals surface area contributed by atoms with Gasteiger partial charge in [0.15, 0.2) is 0 Å². The van der Waals surface area contributed by atoms with Crippen LogP contribution in [-0.2, 0) is 18.3 Å². The highest BCUT2D eigenvalue weighted by molar-refractivity contribution is 5.83. The minimum Gasteiger partial charge on any atom is -0.379 e. The molecule has 4 heteroatoms. The number of nitrogens with one attached hydrogen (secondary N) is 1. The molecule has 1 aromatic carbocycles. The lowest BCUT2D eigenvalue weighted by Gasteiger charge is -2.27. The summed E-state index contributed by atoms with van der Waals surface area (Å²) in [5, 5.41) is 3.58. The first-order valence-electron chi connectivity index (χ1n) is 6.44. The van der Waals surface area contributed by atoms with Crippen LogP contribution in [0.3, 0.4) is 0 Å². The molecule has 1 aliphatic heterocycles. The van der Waals surface area contributed by atoms with Crippen molar-refractivity contribution in [2.45, 2.75) is 6.54 Å². The number of fused-ring (bicyclic) bond motifs is 1. The molecule has 0 saturated carbocycles. The van der Waals surface area contributed by atoms with E-state index in [9.17, 15) is 0 Å². The molecule has 0 atom stereocenters. The maximum absolute atomic E-state index is 5.34. The molecule has 0 amide bonds. The first kappa shape index (κ1) is 11.7. The second kappa shape index (κ2) is 5.10. The molecular formula is C14H19N3O. The predicted molar refractivity (Wildman–Crippen MR) is 72.2 cm³/mol. The zero-order valence-corrected chi connectivity index (χ0v) is 10.7. The Morgan fingerprint density at radius 3 is 2.83 bits per heavy atom. The van der Waals surface area contributed by atoms with Gasteiger partial charge in [-0.3, -0.25) is 5.43 Å². The summed E-state index contributed by atoms with van der Waals surface area (Å²) in [7, 11) is 2.10. The highest BCUT2D eigenvalue weighted by atomic mass is 16.5. The van der Waals surface area contributed by atoms with Crippen LogP contribution < -0.4 is 5.43 Å². The molecular weight excluding hydrogens is 226 g/mol. The summed E-state index contributed by atoms with van der Waals surface area (Å²) >= 11 is 0. The standard InChI is InChI=1S/C14H19N3O/c1-16-11-12(13-4-2-3-5-14(13)16)10-15-17-6-8-18-9-7-17/h2-5,11,15H,6-10H2,1H3. The fourth-order valence-electron chi connectivity index (χ4n) is 2.48. The van der Waals surface area contributed by atoms with Crippen LogP contribution in [0.5, 0.6) is 0 Å². The molecule has 1 aliphatic rings. The van der Waals surface area contributed by atoms with Crippen LogP contribution in [0, 0.1) is 0 Å². The van der Waals surface area contributed by atoms with Gasteiger partial charge in [-0.15, -0.1) is 0 Å². The van der Waals surface area contributed by atoms with Crippen LogP contribution in [0.4, 0.5) is 0 Å². The van der Waals surface area contributed by atoms with Crippen molar-refractivity contribution in [3.8, 4) is 0 Å². The number of aryl methyl sites for hydroxylation is 1. The lowest BCUT2D eigenvalue weighted by molar-refractivity contribution is 0.0106. The quantitative estimate of drug-likeness (QED) is 0.889. The number of hydrogen-bond acceptors (Lipinski definition) is 3. The molecule has 18 heavy (non-hydrogen) atoms. The molecule has 4 nitrogen and oxygen atoms in total. The first-order valence-corrected chi connectivity index (χ1v) is 6.44. The summed E-state index contributed by atoms with van der Waals surface area (Å²) in [6.07, 6.45) is 2.21. The molecule has 96 valence electrons. The van der Waals surface area contributed by atoms with Gasteiger partial charge < -0.3 is 9.30 Å². The Kier molecular flexibility index (Phi) is 3.32. The van der Waals surface area contributed by atoms with Crippen molar-refractivity contribution in [2.24, 2.45) is 7.05 Å². The van der Waals surface area contributed by atoms with Gasteiger partial charge in [-0.2, -0.15) is 0 Å². The van der Waals surface area contributed by atoms with E-state index in [0.717, 1.165) is 32.8 Å². The van der Waals surface area contributed by atoms with Gasteiger partial charge in [0, 0.05) is 43.8 Å². The molecule has 1 fully saturated rings. The van der Waals surface area contributed by atoms with Gasteiger partial charge in [0.1, 0.15) is 0 Å². The number of aromatic nitrogens is 1. The summed E-state index contributed by atoms with van der Waals surface area (Å²) in [6, 6.07) is 8.53. The topological polar surface area (TPSA) is 29.4 Å². The molecule has 1 aromatic heterocycles. The average Bonchev–Trinajstić information content (AvgIpc) is 2.75. The zero-order valence-electron chi connectivity index (χ0n) is 10.7. The van der Waals surface area contributed by atoms with Crippen LogP contribution in [0.25, 0.3) is 10.9 Å². The van der Waals surface area contributed by atoms with Crippen LogP contribution in [0.15, 0.2) is 30.5 Å². The SMILES string of the molecule is Cn1cc(CNN2CCOCC2)c2ccccc21. The summed E-state index contributed by atoms with van der Waals surface area (Å²) in [5.74, 6) is 0. The monoisotopic (exact) mass is 245 g/mol. The number of morpholine rings is 1. The maximum Gasteiger partial charge on any atom is 0.0608 e. The van der Waals surface area contributed by atoms with E-state index in [4.69, 9.17) is 4.74 Å². The smallest absolute Gasteiger partial charge is 0.0608 e. The second-order valence-corrected chi connectivity index (χ2v) is 4.72. The van der Waals surface area contributed by atoms with E-state index >= 15 is 0 Å². The third-order valence-corrected chi connectivity index (χ3v) is 3.48. The number of ether oxygens (including phenoxy) is 1. The number of hydrogen-bond donors (Lipinski definition) is 1. The Morgan fingerprint density at radius 2 is 2.00 bits per heavy atom. The molecule has 2 aromatic rings. The number of benzene rings is 1. The van der Waals surface area contributed by atoms with E-state index in [1.165, 1.54) is 16.5 Å². The number of nitrogens with zero attached hydrogens (tertiary/aromatic N) is 2. The molecule has 0 spiro atoms. The van der Waals surface area contributed by atoms with Gasteiger partial charge in [0.05, 0.1) is 13.2 Å². The summed E-state index contributed by atoms with van der Waals surface area (Å²) in [5.41, 5.74) is 6.12. The van der Waals surface area contributed by atoms with Crippen molar-refractivity contribution in [2.75, 3.05) is 26.3 Å². The average molecular weight is 245 g/mol. The van der Waals surface area contributed by atoms with Gasteiger partial charge in [0.25, 0.3) is 0 Å². The second-order valence-electron chi connectivity index (χ2n) is 4.72. The molecule has 0 radical (unpaired) electrons. The van der Waals surface area contributed by atoms with Crippen LogP contribution in [-0.4, -0.2) is 35.9 Å². The van der Waals surface area contributed by atoms with Crippen LogP contribution in [0.1, 0.15) is 5.56 Å². The number of hydrazine groups is 1.